The van der Waals surface area contributed by atoms with Gasteiger partial charge in [0.2, 0.25) is 0 Å². The Bertz CT molecular complexity index is 207. The second-order valence-electron chi connectivity index (χ2n) is 2.56. The highest BCUT2D eigenvalue weighted by molar-refractivity contribution is 5.47. The van der Waals surface area contributed by atoms with E-state index in [1.54, 1.807) is 0 Å². The summed E-state index contributed by atoms with van der Waals surface area (Å²) in [6.45, 7) is 4.02. The van der Waals surface area contributed by atoms with Gasteiger partial charge in [0.05, 0.1) is 0 Å². The molecule has 1 atom stereocenters. The van der Waals surface area contributed by atoms with Gasteiger partial charge in [-0.25, -0.2) is 0 Å². The van der Waals surface area contributed by atoms with Gasteiger partial charge in [-0.05, 0) is 25.0 Å². The second-order valence-corrected chi connectivity index (χ2v) is 2.56. The van der Waals surface area contributed by atoms with Crippen LogP contribution in [0.15, 0.2) is 35.5 Å². The molecule has 0 aromatic carbocycles. The molecule has 0 heterocycles. The molecule has 0 aromatic rings. The van der Waals surface area contributed by atoms with Gasteiger partial charge in [0.25, 0.3) is 0 Å². The molecule has 0 spiro atoms. The third-order valence-corrected chi connectivity index (χ3v) is 1.66. The topological polar surface area (TPSA) is 26.0 Å². The van der Waals surface area contributed by atoms with Gasteiger partial charge < -0.3 is 5.73 Å². The molecule has 0 aliphatic heterocycles. The normalized spacial score (nSPS) is 23.5. The average Bonchev–Trinajstić information content (AvgIpc) is 2.34. The van der Waals surface area contributed by atoms with E-state index in [-0.39, 0.29) is 6.04 Å². The van der Waals surface area contributed by atoms with Crippen LogP contribution in [0.2, 0.25) is 0 Å². The van der Waals surface area contributed by atoms with Gasteiger partial charge in [0.15, 0.2) is 0 Å². The van der Waals surface area contributed by atoms with Crippen molar-refractivity contribution in [3.8, 4) is 0 Å². The molecule has 1 rings (SSSR count). The van der Waals surface area contributed by atoms with Crippen LogP contribution >= 0.6 is 0 Å². The highest BCUT2D eigenvalue weighted by Crippen LogP contribution is 2.16. The molecule has 1 aliphatic rings. The van der Waals surface area contributed by atoms with Crippen molar-refractivity contribution >= 4 is 0 Å². The van der Waals surface area contributed by atoms with Crippen LogP contribution in [-0.2, 0) is 0 Å². The van der Waals surface area contributed by atoms with E-state index in [0.717, 1.165) is 0 Å². The predicted octanol–water partition coefficient (Wildman–Crippen LogP) is 1.78. The molecular formula is C9H13N. The summed E-state index contributed by atoms with van der Waals surface area (Å²) < 4.78 is 0. The minimum atomic E-state index is 0.161. The Hall–Kier alpha value is -0.820. The molecule has 0 aromatic heterocycles. The fourth-order valence-electron chi connectivity index (χ4n) is 0.944. The number of hydrogen-bond acceptors (Lipinski definition) is 1. The predicted molar refractivity (Wildman–Crippen MR) is 44.6 cm³/mol. The maximum atomic E-state index is 5.67. The lowest BCUT2D eigenvalue weighted by Crippen LogP contribution is -2.15. The van der Waals surface area contributed by atoms with Crippen LogP contribution in [0.1, 0.15) is 13.8 Å². The Morgan fingerprint density at radius 2 is 2.20 bits per heavy atom. The first-order valence-electron chi connectivity index (χ1n) is 3.55. The highest BCUT2D eigenvalue weighted by Gasteiger charge is 2.04. The van der Waals surface area contributed by atoms with E-state index in [9.17, 15) is 0 Å². The SMILES string of the molecule is C/C=C1\C=CC(C(C)N)=C1. The van der Waals surface area contributed by atoms with Gasteiger partial charge in [-0.1, -0.05) is 24.3 Å². The van der Waals surface area contributed by atoms with Crippen molar-refractivity contribution < 1.29 is 0 Å². The standard InChI is InChI=1S/C9H13N/c1-3-8-4-5-9(6-8)7(2)10/h3-7H,10H2,1-2H3/b8-3+. The zero-order valence-electron chi connectivity index (χ0n) is 6.46. The Balaban J connectivity index is 2.78. The molecule has 1 unspecified atom stereocenters. The monoisotopic (exact) mass is 135 g/mol. The van der Waals surface area contributed by atoms with Crippen LogP contribution in [0.5, 0.6) is 0 Å². The van der Waals surface area contributed by atoms with E-state index in [2.05, 4.69) is 24.3 Å². The molecule has 1 nitrogen and oxygen atoms in total. The Kier molecular flexibility index (Phi) is 2.07. The van der Waals surface area contributed by atoms with Gasteiger partial charge >= 0.3 is 0 Å². The quantitative estimate of drug-likeness (QED) is 0.582. The Labute approximate surface area is 61.9 Å². The third-order valence-electron chi connectivity index (χ3n) is 1.66. The molecule has 0 bridgehead atoms. The fourth-order valence-corrected chi connectivity index (χ4v) is 0.944. The van der Waals surface area contributed by atoms with Crippen molar-refractivity contribution in [2.45, 2.75) is 19.9 Å². The van der Waals surface area contributed by atoms with Crippen LogP contribution in [0.4, 0.5) is 0 Å². The first-order chi connectivity index (χ1) is 4.74. The minimum absolute atomic E-state index is 0.161. The van der Waals surface area contributed by atoms with Crippen LogP contribution in [0.3, 0.4) is 0 Å². The molecule has 0 fully saturated rings. The highest BCUT2D eigenvalue weighted by atomic mass is 14.6. The van der Waals surface area contributed by atoms with Gasteiger partial charge in [-0.3, -0.25) is 0 Å². The van der Waals surface area contributed by atoms with Crippen LogP contribution in [-0.4, -0.2) is 6.04 Å². The molecule has 0 radical (unpaired) electrons. The Morgan fingerprint density at radius 3 is 2.50 bits per heavy atom. The number of nitrogens with two attached hydrogens (primary N) is 1. The van der Waals surface area contributed by atoms with Crippen molar-refractivity contribution in [3.05, 3.63) is 35.5 Å². The zero-order valence-corrected chi connectivity index (χ0v) is 6.46. The molecular weight excluding hydrogens is 122 g/mol. The zero-order chi connectivity index (χ0) is 7.56. The smallest absolute Gasteiger partial charge is 0.0266 e. The number of allylic oxidation sites excluding steroid dienone is 4. The third kappa shape index (κ3) is 1.36. The minimum Gasteiger partial charge on any atom is -0.324 e. The lowest BCUT2D eigenvalue weighted by Gasteiger charge is -2.00. The average molecular weight is 135 g/mol. The van der Waals surface area contributed by atoms with Crippen molar-refractivity contribution in [2.75, 3.05) is 0 Å². The van der Waals surface area contributed by atoms with Gasteiger partial charge in [0, 0.05) is 6.04 Å². The molecule has 54 valence electrons. The largest absolute Gasteiger partial charge is 0.324 e. The lowest BCUT2D eigenvalue weighted by atomic mass is 10.1. The van der Waals surface area contributed by atoms with E-state index in [1.807, 2.05) is 13.8 Å². The summed E-state index contributed by atoms with van der Waals surface area (Å²) in [4.78, 5) is 0. The molecule has 1 aliphatic carbocycles. The summed E-state index contributed by atoms with van der Waals surface area (Å²) in [5, 5.41) is 0. The van der Waals surface area contributed by atoms with Crippen molar-refractivity contribution in [2.24, 2.45) is 5.73 Å². The second kappa shape index (κ2) is 2.84. The maximum absolute atomic E-state index is 5.67. The van der Waals surface area contributed by atoms with E-state index in [1.165, 1.54) is 11.1 Å². The lowest BCUT2D eigenvalue weighted by molar-refractivity contribution is 0.888. The number of rotatable bonds is 1. The summed E-state index contributed by atoms with van der Waals surface area (Å²) in [6, 6.07) is 0.161. The summed E-state index contributed by atoms with van der Waals surface area (Å²) in [7, 11) is 0. The molecule has 0 amide bonds. The van der Waals surface area contributed by atoms with Gasteiger partial charge in [-0.2, -0.15) is 0 Å². The molecule has 0 saturated heterocycles. The van der Waals surface area contributed by atoms with Crippen LogP contribution in [0.25, 0.3) is 0 Å². The van der Waals surface area contributed by atoms with Crippen molar-refractivity contribution in [3.63, 3.8) is 0 Å². The van der Waals surface area contributed by atoms with Crippen molar-refractivity contribution in [1.29, 1.82) is 0 Å². The molecule has 2 N–H and O–H groups in total. The van der Waals surface area contributed by atoms with Crippen LogP contribution < -0.4 is 5.73 Å². The van der Waals surface area contributed by atoms with E-state index >= 15 is 0 Å². The summed E-state index contributed by atoms with van der Waals surface area (Å²) in [5.41, 5.74) is 8.14. The Morgan fingerprint density at radius 1 is 1.50 bits per heavy atom. The first kappa shape index (κ1) is 7.29. The van der Waals surface area contributed by atoms with E-state index in [4.69, 9.17) is 5.73 Å². The van der Waals surface area contributed by atoms with Gasteiger partial charge in [-0.15, -0.1) is 0 Å². The van der Waals surface area contributed by atoms with E-state index < -0.39 is 0 Å². The molecule has 10 heavy (non-hydrogen) atoms. The van der Waals surface area contributed by atoms with E-state index in [0.29, 0.717) is 0 Å². The number of hydrogen-bond donors (Lipinski definition) is 1. The van der Waals surface area contributed by atoms with Gasteiger partial charge in [0.1, 0.15) is 0 Å². The summed E-state index contributed by atoms with van der Waals surface area (Å²) in [5.74, 6) is 0. The summed E-state index contributed by atoms with van der Waals surface area (Å²) in [6.07, 6.45) is 8.34. The van der Waals surface area contributed by atoms with Crippen molar-refractivity contribution in [1.82, 2.24) is 0 Å². The maximum Gasteiger partial charge on any atom is 0.0266 e. The summed E-state index contributed by atoms with van der Waals surface area (Å²) >= 11 is 0. The fraction of sp³-hybridized carbons (Fsp3) is 0.333. The molecule has 0 saturated carbocycles. The first-order valence-corrected chi connectivity index (χ1v) is 3.55. The molecule has 1 heteroatoms. The van der Waals surface area contributed by atoms with Crippen LogP contribution in [0, 0.1) is 0 Å².